The maximum Gasteiger partial charge on any atom is 0.289 e. The number of nitrogens with zero attached hydrogens (tertiary/aromatic N) is 2. The van der Waals surface area contributed by atoms with Gasteiger partial charge in [-0.3, -0.25) is 10.1 Å². The second kappa shape index (κ2) is 5.90. The Morgan fingerprint density at radius 3 is 2.52 bits per heavy atom. The maximum atomic E-state index is 12.6. The van der Waals surface area contributed by atoms with E-state index in [-0.39, 0.29) is 9.92 Å². The predicted octanol–water partition coefficient (Wildman–Crippen LogP) is 2.98. The van der Waals surface area contributed by atoms with Gasteiger partial charge in [0, 0.05) is 19.7 Å². The molecular weight excluding hydrogens is 316 g/mol. The van der Waals surface area contributed by atoms with Crippen LogP contribution in [0.1, 0.15) is 24.8 Å². The Bertz CT molecular complexity index is 671. The van der Waals surface area contributed by atoms with Crippen molar-refractivity contribution in [3.8, 4) is 0 Å². The Morgan fingerprint density at radius 1 is 1.43 bits per heavy atom. The minimum atomic E-state index is -3.74. The highest BCUT2D eigenvalue weighted by molar-refractivity contribution is 7.89. The van der Waals surface area contributed by atoms with Crippen LogP contribution in [0.3, 0.4) is 0 Å². The van der Waals surface area contributed by atoms with Crippen LogP contribution < -0.4 is 0 Å². The lowest BCUT2D eigenvalue weighted by Gasteiger charge is -2.29. The van der Waals surface area contributed by atoms with Crippen LogP contribution in [0.15, 0.2) is 17.0 Å². The Hall–Kier alpha value is -1.18. The van der Waals surface area contributed by atoms with Crippen LogP contribution >= 0.6 is 11.6 Å². The largest absolute Gasteiger partial charge is 0.289 e. The summed E-state index contributed by atoms with van der Waals surface area (Å²) in [4.78, 5) is 10.2. The lowest BCUT2D eigenvalue weighted by molar-refractivity contribution is -0.384. The van der Waals surface area contributed by atoms with Gasteiger partial charge in [0.15, 0.2) is 0 Å². The van der Waals surface area contributed by atoms with Crippen LogP contribution in [0.5, 0.6) is 0 Å². The third kappa shape index (κ3) is 3.20. The molecule has 116 valence electrons. The highest BCUT2D eigenvalue weighted by atomic mass is 35.5. The van der Waals surface area contributed by atoms with E-state index in [1.54, 1.807) is 6.92 Å². The van der Waals surface area contributed by atoms with E-state index in [0.29, 0.717) is 18.0 Å². The summed E-state index contributed by atoms with van der Waals surface area (Å²) in [6, 6.07) is 2.37. The van der Waals surface area contributed by atoms with Crippen molar-refractivity contribution in [2.24, 2.45) is 5.92 Å². The third-order valence-electron chi connectivity index (χ3n) is 3.87. The molecule has 6 nitrogen and oxygen atoms in total. The molecule has 1 fully saturated rings. The van der Waals surface area contributed by atoms with E-state index in [9.17, 15) is 18.5 Å². The average molecular weight is 333 g/mol. The number of hydrogen-bond acceptors (Lipinski definition) is 4. The molecule has 0 radical (unpaired) electrons. The topological polar surface area (TPSA) is 80.5 Å². The zero-order chi connectivity index (χ0) is 15.8. The second-order valence-corrected chi connectivity index (χ2v) is 7.83. The Balaban J connectivity index is 2.38. The molecule has 0 saturated heterocycles. The van der Waals surface area contributed by atoms with Crippen LogP contribution in [0.2, 0.25) is 5.02 Å². The summed E-state index contributed by atoms with van der Waals surface area (Å²) in [7, 11) is -2.24. The van der Waals surface area contributed by atoms with Crippen LogP contribution in [0.25, 0.3) is 0 Å². The van der Waals surface area contributed by atoms with Gasteiger partial charge in [-0.25, -0.2) is 12.7 Å². The van der Waals surface area contributed by atoms with E-state index in [1.165, 1.54) is 17.4 Å². The minimum absolute atomic E-state index is 0.0552. The quantitative estimate of drug-likeness (QED) is 0.613. The van der Waals surface area contributed by atoms with E-state index in [4.69, 9.17) is 11.6 Å². The summed E-state index contributed by atoms with van der Waals surface area (Å²) in [6.07, 6.45) is 3.18. The van der Waals surface area contributed by atoms with Crippen molar-refractivity contribution in [3.63, 3.8) is 0 Å². The summed E-state index contributed by atoms with van der Waals surface area (Å²) >= 11 is 5.79. The SMILES string of the molecule is Cc1cc(Cl)c([N+](=O)[O-])cc1S(=O)(=O)N(C)CC1CCC1. The van der Waals surface area contributed by atoms with E-state index in [1.807, 2.05) is 0 Å². The number of rotatable bonds is 5. The zero-order valence-corrected chi connectivity index (χ0v) is 13.4. The average Bonchev–Trinajstić information content (AvgIpc) is 2.32. The summed E-state index contributed by atoms with van der Waals surface area (Å²) in [5.41, 5.74) is 0.0175. The van der Waals surface area contributed by atoms with Crippen molar-refractivity contribution in [2.45, 2.75) is 31.1 Å². The first kappa shape index (κ1) is 16.2. The first-order valence-electron chi connectivity index (χ1n) is 6.64. The molecule has 0 heterocycles. The molecule has 0 atom stereocenters. The third-order valence-corrected chi connectivity index (χ3v) is 6.14. The fraction of sp³-hybridized carbons (Fsp3) is 0.538. The van der Waals surface area contributed by atoms with Gasteiger partial charge >= 0.3 is 0 Å². The highest BCUT2D eigenvalue weighted by Crippen LogP contribution is 2.33. The molecule has 8 heteroatoms. The predicted molar refractivity (Wildman–Crippen MR) is 80.0 cm³/mol. The number of sulfonamides is 1. The molecule has 21 heavy (non-hydrogen) atoms. The van der Waals surface area contributed by atoms with Crippen LogP contribution in [0, 0.1) is 23.0 Å². The van der Waals surface area contributed by atoms with Crippen molar-refractivity contribution < 1.29 is 13.3 Å². The van der Waals surface area contributed by atoms with Crippen molar-refractivity contribution in [1.29, 1.82) is 0 Å². The highest BCUT2D eigenvalue weighted by Gasteiger charge is 2.30. The van der Waals surface area contributed by atoms with Crippen molar-refractivity contribution >= 4 is 27.3 Å². The molecule has 0 aromatic heterocycles. The van der Waals surface area contributed by atoms with E-state index in [2.05, 4.69) is 0 Å². The maximum absolute atomic E-state index is 12.6. The second-order valence-electron chi connectivity index (χ2n) is 5.41. The van der Waals surface area contributed by atoms with E-state index >= 15 is 0 Å². The normalized spacial score (nSPS) is 16.0. The van der Waals surface area contributed by atoms with Crippen LogP contribution in [0.4, 0.5) is 5.69 Å². The molecule has 1 aromatic rings. The van der Waals surface area contributed by atoms with Gasteiger partial charge in [0.25, 0.3) is 5.69 Å². The molecule has 0 aliphatic heterocycles. The summed E-state index contributed by atoms with van der Waals surface area (Å²) in [5.74, 6) is 0.382. The van der Waals surface area contributed by atoms with Gasteiger partial charge in [-0.2, -0.15) is 0 Å². The first-order valence-corrected chi connectivity index (χ1v) is 8.46. The monoisotopic (exact) mass is 332 g/mol. The van der Waals surface area contributed by atoms with E-state index in [0.717, 1.165) is 25.3 Å². The lowest BCUT2D eigenvalue weighted by Crippen LogP contribution is -2.34. The molecule has 0 bridgehead atoms. The van der Waals surface area contributed by atoms with Gasteiger partial charge in [0.1, 0.15) is 5.02 Å². The molecule has 1 saturated carbocycles. The number of halogens is 1. The van der Waals surface area contributed by atoms with Gasteiger partial charge in [-0.05, 0) is 37.3 Å². The Labute approximate surface area is 128 Å². The molecule has 0 amide bonds. The Morgan fingerprint density at radius 2 is 2.05 bits per heavy atom. The van der Waals surface area contributed by atoms with Gasteiger partial charge in [-0.15, -0.1) is 0 Å². The number of nitro groups is 1. The number of nitro benzene ring substituents is 1. The molecule has 2 rings (SSSR count). The van der Waals surface area contributed by atoms with Gasteiger partial charge < -0.3 is 0 Å². The van der Waals surface area contributed by atoms with Crippen molar-refractivity contribution in [1.82, 2.24) is 4.31 Å². The van der Waals surface area contributed by atoms with Gasteiger partial charge in [-0.1, -0.05) is 18.0 Å². The number of hydrogen-bond donors (Lipinski definition) is 0. The first-order chi connectivity index (χ1) is 9.73. The van der Waals surface area contributed by atoms with Crippen molar-refractivity contribution in [3.05, 3.63) is 32.8 Å². The van der Waals surface area contributed by atoms with Crippen molar-refractivity contribution in [2.75, 3.05) is 13.6 Å². The zero-order valence-electron chi connectivity index (χ0n) is 11.9. The molecule has 1 aliphatic carbocycles. The summed E-state index contributed by atoms with van der Waals surface area (Å²) in [5, 5.41) is 10.9. The molecule has 1 aromatic carbocycles. The van der Waals surface area contributed by atoms with Crippen LogP contribution in [-0.2, 0) is 10.0 Å². The summed E-state index contributed by atoms with van der Waals surface area (Å²) in [6.45, 7) is 2.03. The van der Waals surface area contributed by atoms with Crippen LogP contribution in [-0.4, -0.2) is 31.2 Å². The van der Waals surface area contributed by atoms with E-state index < -0.39 is 20.6 Å². The molecule has 1 aliphatic rings. The summed E-state index contributed by atoms with van der Waals surface area (Å²) < 4.78 is 26.4. The molecule has 0 N–H and O–H groups in total. The Kier molecular flexibility index (Phi) is 4.55. The smallest absolute Gasteiger partial charge is 0.258 e. The van der Waals surface area contributed by atoms with Gasteiger partial charge in [0.05, 0.1) is 9.82 Å². The van der Waals surface area contributed by atoms with Gasteiger partial charge in [0.2, 0.25) is 10.0 Å². The molecular formula is C13H17ClN2O4S. The molecule has 0 spiro atoms. The fourth-order valence-corrected chi connectivity index (χ4v) is 4.12. The fourth-order valence-electron chi connectivity index (χ4n) is 2.36. The molecule has 0 unspecified atom stereocenters. The lowest BCUT2D eigenvalue weighted by atomic mass is 9.86. The standard InChI is InChI=1S/C13H17ClN2O4S/c1-9-6-11(14)12(16(17)18)7-13(9)21(19,20)15(2)8-10-4-3-5-10/h6-7,10H,3-5,8H2,1-2H3. The number of aryl methyl sites for hydroxylation is 1. The number of benzene rings is 1. The minimum Gasteiger partial charge on any atom is -0.258 e.